The molecule has 1 saturated heterocycles. The number of rotatable bonds is 4. The summed E-state index contributed by atoms with van der Waals surface area (Å²) in [4.78, 5) is 20.4. The fourth-order valence-corrected chi connectivity index (χ4v) is 3.08. The molecule has 0 saturated carbocycles. The van der Waals surface area contributed by atoms with E-state index >= 15 is 0 Å². The fraction of sp³-hybridized carbons (Fsp3) is 0.538. The third-order valence-corrected chi connectivity index (χ3v) is 4.28. The number of piperidine rings is 1. The molecular formula is C13H19N7S. The van der Waals surface area contributed by atoms with Crippen LogP contribution in [-0.4, -0.2) is 33.0 Å². The maximum Gasteiger partial charge on any atom is 0.231 e. The molecule has 2 aromatic rings. The predicted octanol–water partition coefficient (Wildman–Crippen LogP) is 1.82. The van der Waals surface area contributed by atoms with Crippen molar-refractivity contribution in [1.29, 1.82) is 0 Å². The van der Waals surface area contributed by atoms with E-state index in [9.17, 15) is 0 Å². The van der Waals surface area contributed by atoms with Gasteiger partial charge in [-0.25, -0.2) is 4.98 Å². The van der Waals surface area contributed by atoms with Crippen molar-refractivity contribution in [1.82, 2.24) is 19.9 Å². The van der Waals surface area contributed by atoms with Gasteiger partial charge in [0.1, 0.15) is 0 Å². The smallest absolute Gasteiger partial charge is 0.231 e. The van der Waals surface area contributed by atoms with Gasteiger partial charge in [0.25, 0.3) is 0 Å². The quantitative estimate of drug-likeness (QED) is 0.890. The van der Waals surface area contributed by atoms with Crippen LogP contribution in [0, 0.1) is 6.92 Å². The van der Waals surface area contributed by atoms with Crippen LogP contribution in [0.5, 0.6) is 0 Å². The number of anilines is 3. The van der Waals surface area contributed by atoms with E-state index in [1.165, 1.54) is 19.3 Å². The average molecular weight is 305 g/mol. The van der Waals surface area contributed by atoms with Crippen molar-refractivity contribution in [2.45, 2.75) is 32.7 Å². The molecule has 3 heterocycles. The molecule has 0 atom stereocenters. The molecular weight excluding hydrogens is 286 g/mol. The molecule has 0 aliphatic carbocycles. The summed E-state index contributed by atoms with van der Waals surface area (Å²) >= 11 is 1.66. The van der Waals surface area contributed by atoms with Crippen LogP contribution >= 0.6 is 11.3 Å². The molecule has 21 heavy (non-hydrogen) atoms. The zero-order chi connectivity index (χ0) is 14.7. The van der Waals surface area contributed by atoms with E-state index in [0.717, 1.165) is 23.0 Å². The van der Waals surface area contributed by atoms with Crippen LogP contribution in [0.1, 0.15) is 29.1 Å². The lowest BCUT2D eigenvalue weighted by atomic mass is 10.1. The molecule has 2 aromatic heterocycles. The minimum Gasteiger partial charge on any atom is -0.368 e. The van der Waals surface area contributed by atoms with E-state index in [1.54, 1.807) is 11.3 Å². The van der Waals surface area contributed by atoms with Gasteiger partial charge < -0.3 is 16.0 Å². The van der Waals surface area contributed by atoms with Gasteiger partial charge in [-0.2, -0.15) is 15.0 Å². The highest BCUT2D eigenvalue weighted by molar-refractivity contribution is 7.11. The Morgan fingerprint density at radius 2 is 2.05 bits per heavy atom. The Hall–Kier alpha value is -1.96. The standard InChI is InChI=1S/C13H19N7S/c1-9-15-7-10(21-9)8-16-12-17-11(14)18-13(19-12)20-5-3-2-4-6-20/h7H,2-6,8H2,1H3,(H3,14,16,17,18,19). The largest absolute Gasteiger partial charge is 0.368 e. The maximum atomic E-state index is 5.80. The lowest BCUT2D eigenvalue weighted by molar-refractivity contribution is 0.568. The lowest BCUT2D eigenvalue weighted by Crippen LogP contribution is -2.31. The number of hydrogen-bond donors (Lipinski definition) is 2. The van der Waals surface area contributed by atoms with E-state index in [1.807, 2.05) is 13.1 Å². The second-order valence-electron chi connectivity index (χ2n) is 5.06. The highest BCUT2D eigenvalue weighted by Gasteiger charge is 2.15. The molecule has 0 radical (unpaired) electrons. The zero-order valence-electron chi connectivity index (χ0n) is 12.0. The van der Waals surface area contributed by atoms with Gasteiger partial charge in [0.2, 0.25) is 17.8 Å². The first kappa shape index (κ1) is 14.0. The number of nitrogens with zero attached hydrogens (tertiary/aromatic N) is 5. The van der Waals surface area contributed by atoms with E-state index in [2.05, 4.69) is 30.2 Å². The minimum absolute atomic E-state index is 0.258. The Balaban J connectivity index is 1.71. The molecule has 1 aliphatic rings. The van der Waals surface area contributed by atoms with Crippen LogP contribution in [0.15, 0.2) is 6.20 Å². The number of aromatic nitrogens is 4. The number of nitrogen functional groups attached to an aromatic ring is 1. The minimum atomic E-state index is 0.258. The second-order valence-corrected chi connectivity index (χ2v) is 6.38. The number of nitrogens with two attached hydrogens (primary N) is 1. The Morgan fingerprint density at radius 1 is 1.24 bits per heavy atom. The Bertz CT molecular complexity index is 606. The molecule has 3 N–H and O–H groups in total. The average Bonchev–Trinajstić information content (AvgIpc) is 2.91. The summed E-state index contributed by atoms with van der Waals surface area (Å²) in [5.74, 6) is 1.45. The molecule has 0 amide bonds. The monoisotopic (exact) mass is 305 g/mol. The number of nitrogens with one attached hydrogen (secondary N) is 1. The van der Waals surface area contributed by atoms with Crippen LogP contribution < -0.4 is 16.0 Å². The summed E-state index contributed by atoms with van der Waals surface area (Å²) < 4.78 is 0. The summed E-state index contributed by atoms with van der Waals surface area (Å²) in [5.41, 5.74) is 5.80. The van der Waals surface area contributed by atoms with Gasteiger partial charge in [-0.1, -0.05) is 0 Å². The van der Waals surface area contributed by atoms with Crippen LogP contribution in [0.2, 0.25) is 0 Å². The van der Waals surface area contributed by atoms with Crippen molar-refractivity contribution in [2.75, 3.05) is 29.0 Å². The molecule has 0 spiro atoms. The van der Waals surface area contributed by atoms with Crippen molar-refractivity contribution in [3.8, 4) is 0 Å². The topological polar surface area (TPSA) is 92.8 Å². The highest BCUT2D eigenvalue weighted by atomic mass is 32.1. The molecule has 1 fully saturated rings. The Kier molecular flexibility index (Phi) is 4.14. The molecule has 0 bridgehead atoms. The summed E-state index contributed by atoms with van der Waals surface area (Å²) in [6.45, 7) is 4.60. The van der Waals surface area contributed by atoms with Crippen molar-refractivity contribution in [2.24, 2.45) is 0 Å². The fourth-order valence-electron chi connectivity index (χ4n) is 2.35. The van der Waals surface area contributed by atoms with Crippen LogP contribution in [-0.2, 0) is 6.54 Å². The third-order valence-electron chi connectivity index (χ3n) is 3.37. The van der Waals surface area contributed by atoms with Gasteiger partial charge in [0.15, 0.2) is 0 Å². The summed E-state index contributed by atoms with van der Waals surface area (Å²) in [6.07, 6.45) is 5.49. The first-order chi connectivity index (χ1) is 10.2. The number of thiazole rings is 1. The molecule has 112 valence electrons. The van der Waals surface area contributed by atoms with Crippen molar-refractivity contribution < 1.29 is 0 Å². The predicted molar refractivity (Wildman–Crippen MR) is 84.5 cm³/mol. The maximum absolute atomic E-state index is 5.80. The first-order valence-corrected chi connectivity index (χ1v) is 7.94. The van der Waals surface area contributed by atoms with E-state index in [4.69, 9.17) is 5.73 Å². The Labute approximate surface area is 127 Å². The molecule has 8 heteroatoms. The second kappa shape index (κ2) is 6.21. The molecule has 0 aromatic carbocycles. The summed E-state index contributed by atoms with van der Waals surface area (Å²) in [7, 11) is 0. The molecule has 7 nitrogen and oxygen atoms in total. The van der Waals surface area contributed by atoms with Crippen LogP contribution in [0.3, 0.4) is 0 Å². The van der Waals surface area contributed by atoms with Crippen LogP contribution in [0.25, 0.3) is 0 Å². The normalized spacial score (nSPS) is 15.2. The molecule has 0 unspecified atom stereocenters. The lowest BCUT2D eigenvalue weighted by Gasteiger charge is -2.26. The van der Waals surface area contributed by atoms with Crippen molar-refractivity contribution >= 4 is 29.2 Å². The SMILES string of the molecule is Cc1ncc(CNc2nc(N)nc(N3CCCCC3)n2)s1. The first-order valence-electron chi connectivity index (χ1n) is 7.12. The van der Waals surface area contributed by atoms with E-state index < -0.39 is 0 Å². The van der Waals surface area contributed by atoms with Gasteiger partial charge >= 0.3 is 0 Å². The summed E-state index contributed by atoms with van der Waals surface area (Å²) in [5, 5.41) is 4.25. The van der Waals surface area contributed by atoms with Crippen molar-refractivity contribution in [3.05, 3.63) is 16.1 Å². The molecule has 3 rings (SSSR count). The Morgan fingerprint density at radius 3 is 2.76 bits per heavy atom. The van der Waals surface area contributed by atoms with E-state index in [-0.39, 0.29) is 5.95 Å². The van der Waals surface area contributed by atoms with Gasteiger partial charge in [0, 0.05) is 24.2 Å². The highest BCUT2D eigenvalue weighted by Crippen LogP contribution is 2.18. The third kappa shape index (κ3) is 3.57. The van der Waals surface area contributed by atoms with E-state index in [0.29, 0.717) is 18.4 Å². The van der Waals surface area contributed by atoms with Gasteiger partial charge in [-0.3, -0.25) is 0 Å². The summed E-state index contributed by atoms with van der Waals surface area (Å²) in [6, 6.07) is 0. The number of hydrogen-bond acceptors (Lipinski definition) is 8. The van der Waals surface area contributed by atoms with Gasteiger partial charge in [-0.05, 0) is 26.2 Å². The van der Waals surface area contributed by atoms with Crippen LogP contribution in [0.4, 0.5) is 17.8 Å². The van der Waals surface area contributed by atoms with Gasteiger partial charge in [0.05, 0.1) is 11.6 Å². The number of aryl methyl sites for hydroxylation is 1. The van der Waals surface area contributed by atoms with Gasteiger partial charge in [-0.15, -0.1) is 11.3 Å². The molecule has 1 aliphatic heterocycles. The zero-order valence-corrected chi connectivity index (χ0v) is 12.9. The van der Waals surface area contributed by atoms with Crippen molar-refractivity contribution in [3.63, 3.8) is 0 Å².